The lowest BCUT2D eigenvalue weighted by atomic mass is 10.1. The third-order valence-corrected chi connectivity index (χ3v) is 2.37. The molecule has 0 unspecified atom stereocenters. The average Bonchev–Trinajstić information content (AvgIpc) is 2.12. The van der Waals surface area contributed by atoms with Crippen molar-refractivity contribution in [1.82, 2.24) is 4.98 Å². The van der Waals surface area contributed by atoms with E-state index in [0.29, 0.717) is 15.9 Å². The fraction of sp³-hybridized carbons (Fsp3) is 0. The van der Waals surface area contributed by atoms with E-state index in [2.05, 4.69) is 4.98 Å². The van der Waals surface area contributed by atoms with Gasteiger partial charge in [0.25, 0.3) is 0 Å². The molecule has 13 heavy (non-hydrogen) atoms. The molecule has 4 heteroatoms. The van der Waals surface area contributed by atoms with Crippen LogP contribution in [0.2, 0.25) is 10.2 Å². The largest absolute Gasteiger partial charge is 0.397 e. The minimum absolute atomic E-state index is 0.423. The average molecular weight is 213 g/mol. The molecule has 0 aliphatic carbocycles. The maximum atomic E-state index is 5.88. The van der Waals surface area contributed by atoms with Gasteiger partial charge in [-0.05, 0) is 12.1 Å². The Kier molecular flexibility index (Phi) is 2.02. The minimum atomic E-state index is 0.423. The maximum Gasteiger partial charge on any atom is 0.137 e. The van der Waals surface area contributed by atoms with Crippen LogP contribution in [-0.2, 0) is 0 Å². The van der Waals surface area contributed by atoms with Crippen molar-refractivity contribution in [3.8, 4) is 0 Å². The van der Waals surface area contributed by atoms with Crippen LogP contribution in [0.25, 0.3) is 10.8 Å². The summed E-state index contributed by atoms with van der Waals surface area (Å²) in [5, 5.41) is 2.71. The van der Waals surface area contributed by atoms with Crippen LogP contribution in [0.1, 0.15) is 0 Å². The molecular weight excluding hydrogens is 207 g/mol. The third-order valence-electron chi connectivity index (χ3n) is 1.83. The molecule has 0 aliphatic rings. The Morgan fingerprint density at radius 2 is 1.92 bits per heavy atom. The first-order valence-electron chi connectivity index (χ1n) is 3.68. The number of hydrogen-bond donors (Lipinski definition) is 1. The van der Waals surface area contributed by atoms with Gasteiger partial charge in [0.1, 0.15) is 5.15 Å². The maximum absolute atomic E-state index is 5.88. The first-order valence-corrected chi connectivity index (χ1v) is 4.43. The van der Waals surface area contributed by atoms with E-state index in [4.69, 9.17) is 28.9 Å². The summed E-state index contributed by atoms with van der Waals surface area (Å²) in [7, 11) is 0. The van der Waals surface area contributed by atoms with Gasteiger partial charge >= 0.3 is 0 Å². The zero-order valence-corrected chi connectivity index (χ0v) is 8.10. The monoisotopic (exact) mass is 212 g/mol. The molecule has 0 saturated heterocycles. The molecule has 0 radical (unpaired) electrons. The number of halogens is 2. The zero-order valence-electron chi connectivity index (χ0n) is 6.59. The number of nitrogens with zero attached hydrogens (tertiary/aromatic N) is 1. The van der Waals surface area contributed by atoms with Crippen molar-refractivity contribution in [3.05, 3.63) is 34.6 Å². The number of aromatic nitrogens is 1. The number of benzene rings is 1. The molecule has 0 fully saturated rings. The van der Waals surface area contributed by atoms with Crippen LogP contribution >= 0.6 is 23.2 Å². The minimum Gasteiger partial charge on any atom is -0.397 e. The van der Waals surface area contributed by atoms with Crippen LogP contribution in [0.4, 0.5) is 5.69 Å². The summed E-state index contributed by atoms with van der Waals surface area (Å²) in [5.41, 5.74) is 6.32. The Morgan fingerprint density at radius 1 is 1.15 bits per heavy atom. The second kappa shape index (κ2) is 3.05. The number of pyridine rings is 1. The van der Waals surface area contributed by atoms with Gasteiger partial charge in [0.05, 0.1) is 11.9 Å². The highest BCUT2D eigenvalue weighted by molar-refractivity contribution is 6.36. The van der Waals surface area contributed by atoms with Crippen molar-refractivity contribution in [1.29, 1.82) is 0 Å². The molecule has 0 atom stereocenters. The number of hydrogen-bond acceptors (Lipinski definition) is 2. The Labute approximate surface area is 85.3 Å². The van der Waals surface area contributed by atoms with Crippen molar-refractivity contribution in [2.24, 2.45) is 0 Å². The number of nitrogen functional groups attached to an aromatic ring is 1. The molecule has 1 heterocycles. The van der Waals surface area contributed by atoms with Crippen LogP contribution in [0.15, 0.2) is 24.4 Å². The fourth-order valence-electron chi connectivity index (χ4n) is 1.20. The van der Waals surface area contributed by atoms with Crippen LogP contribution in [0.5, 0.6) is 0 Å². The van der Waals surface area contributed by atoms with Crippen LogP contribution in [0.3, 0.4) is 0 Å². The van der Waals surface area contributed by atoms with E-state index < -0.39 is 0 Å². The highest BCUT2D eigenvalue weighted by Gasteiger charge is 2.03. The van der Waals surface area contributed by atoms with E-state index in [9.17, 15) is 0 Å². The molecule has 2 rings (SSSR count). The number of fused-ring (bicyclic) bond motifs is 1. The van der Waals surface area contributed by atoms with Crippen molar-refractivity contribution in [2.45, 2.75) is 0 Å². The molecule has 0 aliphatic heterocycles. The predicted molar refractivity (Wildman–Crippen MR) is 56.2 cm³/mol. The van der Waals surface area contributed by atoms with Gasteiger partial charge in [-0.3, -0.25) is 0 Å². The SMILES string of the molecule is Nc1cnc(Cl)c2cc(Cl)ccc12. The highest BCUT2D eigenvalue weighted by atomic mass is 35.5. The zero-order chi connectivity index (χ0) is 9.42. The summed E-state index contributed by atoms with van der Waals surface area (Å²) in [4.78, 5) is 3.93. The van der Waals surface area contributed by atoms with E-state index in [1.165, 1.54) is 0 Å². The van der Waals surface area contributed by atoms with Gasteiger partial charge in [-0.25, -0.2) is 4.98 Å². The molecule has 1 aromatic carbocycles. The summed E-state index contributed by atoms with van der Waals surface area (Å²) in [6.45, 7) is 0. The van der Waals surface area contributed by atoms with Gasteiger partial charge in [0.2, 0.25) is 0 Å². The van der Waals surface area contributed by atoms with Crippen LogP contribution in [0, 0.1) is 0 Å². The first kappa shape index (κ1) is 8.60. The number of nitrogens with two attached hydrogens (primary N) is 1. The topological polar surface area (TPSA) is 38.9 Å². The van der Waals surface area contributed by atoms with E-state index in [1.807, 2.05) is 6.07 Å². The molecule has 0 bridgehead atoms. The lowest BCUT2D eigenvalue weighted by molar-refractivity contribution is 1.36. The van der Waals surface area contributed by atoms with Gasteiger partial charge in [-0.2, -0.15) is 0 Å². The molecule has 2 N–H and O–H groups in total. The Balaban J connectivity index is 2.92. The van der Waals surface area contributed by atoms with Crippen LogP contribution in [-0.4, -0.2) is 4.98 Å². The summed E-state index contributed by atoms with van der Waals surface area (Å²) >= 11 is 11.7. The molecule has 66 valence electrons. The third kappa shape index (κ3) is 1.43. The van der Waals surface area contributed by atoms with E-state index in [1.54, 1.807) is 18.3 Å². The lowest BCUT2D eigenvalue weighted by Crippen LogP contribution is -1.89. The quantitative estimate of drug-likeness (QED) is 0.682. The predicted octanol–water partition coefficient (Wildman–Crippen LogP) is 3.12. The van der Waals surface area contributed by atoms with Gasteiger partial charge in [-0.1, -0.05) is 29.3 Å². The molecule has 2 aromatic rings. The van der Waals surface area contributed by atoms with Gasteiger partial charge in [0.15, 0.2) is 0 Å². The highest BCUT2D eigenvalue weighted by Crippen LogP contribution is 2.28. The van der Waals surface area contributed by atoms with Crippen molar-refractivity contribution >= 4 is 39.7 Å². The van der Waals surface area contributed by atoms with Crippen molar-refractivity contribution in [3.63, 3.8) is 0 Å². The molecular formula is C9H6Cl2N2. The summed E-state index contributed by atoms with van der Waals surface area (Å²) in [6.07, 6.45) is 1.54. The first-order chi connectivity index (χ1) is 6.18. The second-order valence-electron chi connectivity index (χ2n) is 2.69. The van der Waals surface area contributed by atoms with E-state index in [0.717, 1.165) is 10.8 Å². The van der Waals surface area contributed by atoms with Crippen molar-refractivity contribution in [2.75, 3.05) is 5.73 Å². The molecule has 2 nitrogen and oxygen atoms in total. The van der Waals surface area contributed by atoms with Gasteiger partial charge in [0, 0.05) is 15.8 Å². The lowest BCUT2D eigenvalue weighted by Gasteiger charge is -2.02. The Morgan fingerprint density at radius 3 is 2.69 bits per heavy atom. The second-order valence-corrected chi connectivity index (χ2v) is 3.49. The number of rotatable bonds is 0. The molecule has 1 aromatic heterocycles. The molecule has 0 spiro atoms. The van der Waals surface area contributed by atoms with Gasteiger partial charge in [-0.15, -0.1) is 0 Å². The van der Waals surface area contributed by atoms with Gasteiger partial charge < -0.3 is 5.73 Å². The standard InChI is InChI=1S/C9H6Cl2N2/c10-5-1-2-6-7(3-5)9(11)13-4-8(6)12/h1-4H,12H2. The molecule has 0 amide bonds. The smallest absolute Gasteiger partial charge is 0.137 e. The summed E-state index contributed by atoms with van der Waals surface area (Å²) in [5.74, 6) is 0. The number of anilines is 1. The summed E-state index contributed by atoms with van der Waals surface area (Å²) in [6, 6.07) is 5.36. The molecule has 0 saturated carbocycles. The Bertz CT molecular complexity index is 468. The van der Waals surface area contributed by atoms with Crippen molar-refractivity contribution < 1.29 is 0 Å². The van der Waals surface area contributed by atoms with E-state index in [-0.39, 0.29) is 0 Å². The summed E-state index contributed by atoms with van der Waals surface area (Å²) < 4.78 is 0. The fourth-order valence-corrected chi connectivity index (χ4v) is 1.58. The normalized spacial score (nSPS) is 10.6. The van der Waals surface area contributed by atoms with Crippen LogP contribution < -0.4 is 5.73 Å². The van der Waals surface area contributed by atoms with E-state index >= 15 is 0 Å². The Hall–Kier alpha value is -0.990.